The molecular formula is C36H61NO3. The van der Waals surface area contributed by atoms with Gasteiger partial charge in [0, 0.05) is 32.4 Å². The van der Waals surface area contributed by atoms with E-state index >= 15 is 0 Å². The van der Waals surface area contributed by atoms with Crippen molar-refractivity contribution in [3.8, 4) is 0 Å². The number of amides is 1. The Morgan fingerprint density at radius 1 is 0.825 bits per heavy atom. The van der Waals surface area contributed by atoms with E-state index in [1.54, 1.807) is 0 Å². The molecule has 4 heteroatoms. The molecule has 0 aromatic heterocycles. The van der Waals surface area contributed by atoms with Gasteiger partial charge in [0.1, 0.15) is 5.78 Å². The summed E-state index contributed by atoms with van der Waals surface area (Å²) in [5.74, 6) is 4.50. The monoisotopic (exact) mass is 555 g/mol. The number of aliphatic hydroxyl groups is 1. The van der Waals surface area contributed by atoms with Gasteiger partial charge >= 0.3 is 0 Å². The van der Waals surface area contributed by atoms with Gasteiger partial charge in [0.15, 0.2) is 0 Å². The molecule has 1 aliphatic heterocycles. The Hall–Kier alpha value is -0.900. The summed E-state index contributed by atoms with van der Waals surface area (Å²) in [6.45, 7) is 6.94. The van der Waals surface area contributed by atoms with Crippen LogP contribution in [0.3, 0.4) is 0 Å². The number of unbranched alkanes of at least 4 members (excludes halogenated alkanes) is 8. The van der Waals surface area contributed by atoms with Crippen molar-refractivity contribution in [3.05, 3.63) is 0 Å². The number of piperidine rings is 1. The predicted octanol–water partition coefficient (Wildman–Crippen LogP) is 8.49. The van der Waals surface area contributed by atoms with Crippen LogP contribution in [0.5, 0.6) is 0 Å². The Labute approximate surface area is 245 Å². The lowest BCUT2D eigenvalue weighted by molar-refractivity contribution is -0.156. The van der Waals surface area contributed by atoms with Gasteiger partial charge in [0.2, 0.25) is 5.91 Å². The second-order valence-electron chi connectivity index (χ2n) is 15.5. The molecule has 4 saturated carbocycles. The molecule has 0 radical (unpaired) electrons. The quantitative estimate of drug-likeness (QED) is 0.246. The molecule has 0 aromatic rings. The molecule has 8 atom stereocenters. The summed E-state index contributed by atoms with van der Waals surface area (Å²) in [6, 6.07) is 0. The lowest BCUT2D eigenvalue weighted by atomic mass is 9.42. The normalized spacial score (nSPS) is 39.5. The van der Waals surface area contributed by atoms with E-state index in [4.69, 9.17) is 0 Å². The zero-order valence-corrected chi connectivity index (χ0v) is 26.1. The molecule has 1 saturated heterocycles. The van der Waals surface area contributed by atoms with Crippen LogP contribution in [0.2, 0.25) is 0 Å². The molecular weight excluding hydrogens is 494 g/mol. The van der Waals surface area contributed by atoms with Crippen LogP contribution in [0.25, 0.3) is 0 Å². The smallest absolute Gasteiger partial charge is 0.222 e. The number of rotatable bonds is 12. The van der Waals surface area contributed by atoms with Crippen molar-refractivity contribution >= 4 is 11.7 Å². The third-order valence-electron chi connectivity index (χ3n) is 13.3. The number of fused-ring (bicyclic) bond motifs is 5. The molecule has 4 nitrogen and oxygen atoms in total. The highest BCUT2D eigenvalue weighted by Gasteiger charge is 2.62. The average molecular weight is 556 g/mol. The fourth-order valence-electron chi connectivity index (χ4n) is 10.7. The van der Waals surface area contributed by atoms with Crippen molar-refractivity contribution in [2.75, 3.05) is 13.1 Å². The number of carbonyl (C=O) groups is 2. The van der Waals surface area contributed by atoms with Crippen LogP contribution in [-0.4, -0.2) is 40.9 Å². The number of ketones is 1. The van der Waals surface area contributed by atoms with Crippen molar-refractivity contribution in [1.82, 2.24) is 4.90 Å². The number of carbonyl (C=O) groups excluding carboxylic acids is 2. The first-order chi connectivity index (χ1) is 19.3. The van der Waals surface area contributed by atoms with Gasteiger partial charge in [0.25, 0.3) is 0 Å². The largest absolute Gasteiger partial charge is 0.393 e. The van der Waals surface area contributed by atoms with Gasteiger partial charge in [0.05, 0.1) is 6.10 Å². The number of aliphatic hydroxyl groups excluding tert-OH is 1. The molecule has 0 aromatic carbocycles. The number of nitrogens with zero attached hydrogens (tertiary/aromatic N) is 1. The summed E-state index contributed by atoms with van der Waals surface area (Å²) in [5, 5.41) is 11.0. The van der Waals surface area contributed by atoms with E-state index in [2.05, 4.69) is 18.7 Å². The van der Waals surface area contributed by atoms with Crippen LogP contribution in [0.15, 0.2) is 0 Å². The van der Waals surface area contributed by atoms with Gasteiger partial charge in [-0.3, -0.25) is 9.59 Å². The minimum atomic E-state index is -0.104. The maximum absolute atomic E-state index is 12.5. The summed E-state index contributed by atoms with van der Waals surface area (Å²) < 4.78 is 0. The first-order valence-electron chi connectivity index (χ1n) is 17.8. The lowest BCUT2D eigenvalue weighted by Gasteiger charge is -2.62. The van der Waals surface area contributed by atoms with E-state index in [9.17, 15) is 14.7 Å². The van der Waals surface area contributed by atoms with Gasteiger partial charge < -0.3 is 10.0 Å². The van der Waals surface area contributed by atoms with E-state index < -0.39 is 0 Å². The topological polar surface area (TPSA) is 57.6 Å². The number of hydrogen-bond acceptors (Lipinski definition) is 3. The highest BCUT2D eigenvalue weighted by Crippen LogP contribution is 2.67. The van der Waals surface area contributed by atoms with E-state index in [1.165, 1.54) is 103 Å². The van der Waals surface area contributed by atoms with Crippen molar-refractivity contribution < 1.29 is 14.7 Å². The van der Waals surface area contributed by atoms with Crippen LogP contribution < -0.4 is 0 Å². The van der Waals surface area contributed by atoms with Crippen molar-refractivity contribution in [2.24, 2.45) is 40.4 Å². The molecule has 3 unspecified atom stereocenters. The zero-order chi connectivity index (χ0) is 28.2. The second-order valence-corrected chi connectivity index (χ2v) is 15.5. The van der Waals surface area contributed by atoms with E-state index in [1.807, 2.05) is 0 Å². The molecule has 1 amide bonds. The fraction of sp³-hybridized carbons (Fsp3) is 0.944. The van der Waals surface area contributed by atoms with Gasteiger partial charge in [-0.2, -0.15) is 0 Å². The third kappa shape index (κ3) is 6.52. The summed E-state index contributed by atoms with van der Waals surface area (Å²) in [4.78, 5) is 26.9. The van der Waals surface area contributed by atoms with Gasteiger partial charge in [-0.15, -0.1) is 0 Å². The Morgan fingerprint density at radius 3 is 2.20 bits per heavy atom. The van der Waals surface area contributed by atoms with E-state index in [-0.39, 0.29) is 11.5 Å². The maximum Gasteiger partial charge on any atom is 0.222 e. The summed E-state index contributed by atoms with van der Waals surface area (Å²) in [7, 11) is 0. The fourth-order valence-corrected chi connectivity index (χ4v) is 10.7. The first-order valence-corrected chi connectivity index (χ1v) is 17.8. The molecule has 0 bridgehead atoms. The average Bonchev–Trinajstić information content (AvgIpc) is 3.26. The number of Topliss-reactive ketones (excluding diaryl/α,β-unsaturated/α-hetero) is 1. The van der Waals surface area contributed by atoms with Crippen LogP contribution in [-0.2, 0) is 9.59 Å². The van der Waals surface area contributed by atoms with Crippen LogP contribution in [0, 0.1) is 40.4 Å². The maximum atomic E-state index is 12.5. The molecule has 5 rings (SSSR count). The lowest BCUT2D eigenvalue weighted by Crippen LogP contribution is -2.57. The molecule has 1 N–H and O–H groups in total. The van der Waals surface area contributed by atoms with Gasteiger partial charge in [-0.1, -0.05) is 71.6 Å². The van der Waals surface area contributed by atoms with E-state index in [0.29, 0.717) is 28.9 Å². The second kappa shape index (κ2) is 13.6. The van der Waals surface area contributed by atoms with Gasteiger partial charge in [-0.05, 0) is 105 Å². The highest BCUT2D eigenvalue weighted by molar-refractivity contribution is 5.79. The number of hydrogen-bond donors (Lipinski definition) is 1. The van der Waals surface area contributed by atoms with Crippen molar-refractivity contribution in [1.29, 1.82) is 0 Å². The molecule has 1 heterocycles. The Kier molecular flexibility index (Phi) is 10.4. The summed E-state index contributed by atoms with van der Waals surface area (Å²) in [5.41, 5.74) is 0.485. The predicted molar refractivity (Wildman–Crippen MR) is 163 cm³/mol. The Morgan fingerprint density at radius 2 is 1.48 bits per heavy atom. The summed E-state index contributed by atoms with van der Waals surface area (Å²) in [6.07, 6.45) is 26.0. The Balaban J connectivity index is 1.01. The van der Waals surface area contributed by atoms with E-state index in [0.717, 1.165) is 69.4 Å². The molecule has 4 aliphatic carbocycles. The van der Waals surface area contributed by atoms with Crippen molar-refractivity contribution in [2.45, 2.75) is 161 Å². The highest BCUT2D eigenvalue weighted by atomic mass is 16.3. The standard InChI is InChI=1S/C36H61NO3/c1-35-21-19-29(38)26-28(35)25-27(34-30-17-18-32(39)36(30,2)22-20-31(34)35)15-11-8-6-4-3-5-7-9-12-16-33(40)37-23-13-10-14-24-37/h27-28,30-32,34,39H,3-26H2,1-2H3/t27?,28?,30-,31+,32?,34-,35-,36-/m0/s1. The van der Waals surface area contributed by atoms with Crippen LogP contribution >= 0.6 is 0 Å². The first kappa shape index (κ1) is 30.6. The number of likely N-dealkylation sites (tertiary alicyclic amines) is 1. The Bertz CT molecular complexity index is 851. The van der Waals surface area contributed by atoms with Crippen LogP contribution in [0.4, 0.5) is 0 Å². The zero-order valence-electron chi connectivity index (χ0n) is 26.1. The molecule has 40 heavy (non-hydrogen) atoms. The van der Waals surface area contributed by atoms with Crippen LogP contribution in [0.1, 0.15) is 155 Å². The molecule has 0 spiro atoms. The SMILES string of the molecule is C[C@]12CCC(=O)CC1CC(CCCCCCCCCCCC(=O)N1CCCCC1)[C@@H]1[C@H]2CC[C@]2(C)C(O)CC[C@@H]12. The minimum absolute atomic E-state index is 0.104. The third-order valence-corrected chi connectivity index (χ3v) is 13.3. The molecule has 5 aliphatic rings. The summed E-state index contributed by atoms with van der Waals surface area (Å²) >= 11 is 0. The molecule has 5 fully saturated rings. The molecule has 228 valence electrons. The van der Waals surface area contributed by atoms with Gasteiger partial charge in [-0.25, -0.2) is 0 Å². The van der Waals surface area contributed by atoms with Crippen molar-refractivity contribution in [3.63, 3.8) is 0 Å². The minimum Gasteiger partial charge on any atom is -0.393 e.